The standard InChI is InChI=1S/C59H76ClFN10O9S/c1-37(39-12-14-40(15-13-39)53-38(2)64-36-81-53)65-56(75)48-32-43(73)34-71(48)57(76)54(59(3,4)5)66-49(74)35-80-29-28-79-27-26-78-25-24-77-23-22-69(6)19-9-16-63-58-67-52-46(55(68-58)70-20-17-62-18-21-70)33-47(60)50(51(52)61)45-31-42(72)30-41-10-7-8-11-44(41)45/h7-8,10-15,30-31,33,36-37,43,48,54,62,72-73H,9,16-29,32,34-35H2,1-6H3,(H,65,75)(H,66,74)(H,63,67,68)/t37-,43+,48-,54+/m0/s1. The summed E-state index contributed by atoms with van der Waals surface area (Å²) in [7, 11) is 2.02. The van der Waals surface area contributed by atoms with Gasteiger partial charge in [0.15, 0.2) is 5.82 Å². The number of phenolic OH excluding ortho intramolecular Hbond substituents is 1. The van der Waals surface area contributed by atoms with E-state index in [4.69, 9.17) is 35.5 Å². The smallest absolute Gasteiger partial charge is 0.246 e. The Morgan fingerprint density at radius 2 is 1.60 bits per heavy atom. The third kappa shape index (κ3) is 16.1. The summed E-state index contributed by atoms with van der Waals surface area (Å²) in [6.45, 7) is 16.3. The number of piperazine rings is 1. The van der Waals surface area contributed by atoms with E-state index < -0.39 is 41.2 Å². The molecule has 6 aromatic rings. The number of anilines is 2. The van der Waals surface area contributed by atoms with E-state index in [9.17, 15) is 24.6 Å². The van der Waals surface area contributed by atoms with Crippen molar-refractivity contribution in [3.8, 4) is 27.3 Å². The van der Waals surface area contributed by atoms with Crippen molar-refractivity contribution < 1.29 is 47.9 Å². The number of aromatic hydroxyl groups is 1. The minimum Gasteiger partial charge on any atom is -0.508 e. The molecule has 3 amide bonds. The first-order valence-corrected chi connectivity index (χ1v) is 28.9. The highest BCUT2D eigenvalue weighted by Crippen LogP contribution is 2.42. The number of nitrogens with zero attached hydrogens (tertiary/aromatic N) is 6. The molecule has 81 heavy (non-hydrogen) atoms. The summed E-state index contributed by atoms with van der Waals surface area (Å²) in [5.74, 6) is -0.953. The molecule has 0 unspecified atom stereocenters. The van der Waals surface area contributed by atoms with E-state index in [1.54, 1.807) is 23.5 Å². The van der Waals surface area contributed by atoms with E-state index in [-0.39, 0.29) is 66.6 Å². The molecule has 0 bridgehead atoms. The van der Waals surface area contributed by atoms with Gasteiger partial charge in [-0.25, -0.2) is 14.4 Å². The van der Waals surface area contributed by atoms with Gasteiger partial charge in [-0.1, -0.05) is 80.9 Å². The number of hydrogen-bond acceptors (Lipinski definition) is 17. The van der Waals surface area contributed by atoms with Gasteiger partial charge in [-0.3, -0.25) is 14.4 Å². The number of halogens is 2. The molecule has 2 aromatic heterocycles. The first kappa shape index (κ1) is 60.9. The average Bonchev–Trinajstić information content (AvgIpc) is 4.14. The van der Waals surface area contributed by atoms with E-state index in [2.05, 4.69) is 41.0 Å². The largest absolute Gasteiger partial charge is 0.508 e. The lowest BCUT2D eigenvalue weighted by atomic mass is 9.85. The quantitative estimate of drug-likeness (QED) is 0.0287. The van der Waals surface area contributed by atoms with Gasteiger partial charge in [0, 0.05) is 63.2 Å². The zero-order chi connectivity index (χ0) is 57.6. The van der Waals surface area contributed by atoms with Crippen LogP contribution in [0, 0.1) is 18.2 Å². The molecule has 436 valence electrons. The van der Waals surface area contributed by atoms with Crippen LogP contribution in [0.2, 0.25) is 5.02 Å². The van der Waals surface area contributed by atoms with Crippen LogP contribution in [0.4, 0.5) is 16.2 Å². The number of aromatic nitrogens is 3. The van der Waals surface area contributed by atoms with Gasteiger partial charge in [0.2, 0.25) is 23.7 Å². The summed E-state index contributed by atoms with van der Waals surface area (Å²) in [4.78, 5) is 61.4. The van der Waals surface area contributed by atoms with Crippen LogP contribution in [0.3, 0.4) is 0 Å². The highest BCUT2D eigenvalue weighted by Gasteiger charge is 2.45. The van der Waals surface area contributed by atoms with Gasteiger partial charge >= 0.3 is 0 Å². The molecule has 4 aromatic carbocycles. The molecular formula is C59H76ClFN10O9S. The van der Waals surface area contributed by atoms with Gasteiger partial charge < -0.3 is 65.1 Å². The van der Waals surface area contributed by atoms with Gasteiger partial charge in [0.25, 0.3) is 0 Å². The number of likely N-dealkylation sites (tertiary alicyclic amines) is 1. The predicted octanol–water partition coefficient (Wildman–Crippen LogP) is 6.96. The number of ether oxygens (including phenoxy) is 4. The number of amides is 3. The molecule has 0 spiro atoms. The third-order valence-corrected chi connectivity index (χ3v) is 15.7. The minimum atomic E-state index is -0.982. The Balaban J connectivity index is 0.689. The Morgan fingerprint density at radius 3 is 2.30 bits per heavy atom. The van der Waals surface area contributed by atoms with Gasteiger partial charge in [-0.2, -0.15) is 4.98 Å². The summed E-state index contributed by atoms with van der Waals surface area (Å²) in [5, 5.41) is 36.0. The van der Waals surface area contributed by atoms with Gasteiger partial charge in [-0.05, 0) is 84.9 Å². The molecule has 2 aliphatic heterocycles. The summed E-state index contributed by atoms with van der Waals surface area (Å²) in [5.41, 5.74) is 4.80. The number of phenols is 1. The second-order valence-electron chi connectivity index (χ2n) is 21.6. The summed E-state index contributed by atoms with van der Waals surface area (Å²) in [6, 6.07) is 18.1. The normalized spacial score (nSPS) is 16.6. The summed E-state index contributed by atoms with van der Waals surface area (Å²) >= 11 is 8.44. The van der Waals surface area contributed by atoms with Crippen molar-refractivity contribution in [2.45, 2.75) is 71.7 Å². The summed E-state index contributed by atoms with van der Waals surface area (Å²) < 4.78 is 39.5. The number of carbonyl (C=O) groups is 3. The van der Waals surface area contributed by atoms with Crippen molar-refractivity contribution in [2.24, 2.45) is 5.41 Å². The number of β-amino-alcohol motifs (C(OH)–C–C–N with tert-alkyl or cyclic N) is 1. The molecule has 8 rings (SSSR count). The van der Waals surface area contributed by atoms with Crippen LogP contribution in [-0.4, -0.2) is 183 Å². The van der Waals surface area contributed by atoms with Crippen LogP contribution >= 0.6 is 22.9 Å². The molecule has 2 saturated heterocycles. The van der Waals surface area contributed by atoms with Crippen LogP contribution in [0.25, 0.3) is 43.2 Å². The van der Waals surface area contributed by atoms with Gasteiger partial charge in [0.1, 0.15) is 35.8 Å². The molecule has 6 N–H and O–H groups in total. The van der Waals surface area contributed by atoms with Crippen LogP contribution < -0.4 is 26.2 Å². The Morgan fingerprint density at radius 1 is 0.914 bits per heavy atom. The molecule has 4 heterocycles. The lowest BCUT2D eigenvalue weighted by molar-refractivity contribution is -0.144. The maximum atomic E-state index is 16.8. The van der Waals surface area contributed by atoms with E-state index in [0.717, 1.165) is 58.5 Å². The Hall–Kier alpha value is -6.14. The molecule has 0 aliphatic carbocycles. The van der Waals surface area contributed by atoms with E-state index >= 15 is 4.39 Å². The monoisotopic (exact) mass is 1150 g/mol. The van der Waals surface area contributed by atoms with Gasteiger partial charge in [-0.15, -0.1) is 11.3 Å². The Kier molecular flexibility index (Phi) is 21.6. The maximum Gasteiger partial charge on any atom is 0.246 e. The third-order valence-electron chi connectivity index (χ3n) is 14.4. The lowest BCUT2D eigenvalue weighted by Crippen LogP contribution is -2.58. The number of benzene rings is 4. The number of aryl methyl sites for hydroxylation is 1. The summed E-state index contributed by atoms with van der Waals surface area (Å²) in [6.07, 6.45) is -0.0363. The molecule has 2 fully saturated rings. The zero-order valence-electron chi connectivity index (χ0n) is 47.1. The first-order valence-electron chi connectivity index (χ1n) is 27.7. The van der Waals surface area contributed by atoms with E-state index in [0.29, 0.717) is 81.9 Å². The van der Waals surface area contributed by atoms with Crippen LogP contribution in [-0.2, 0) is 33.3 Å². The number of thiazole rings is 1. The molecule has 0 radical (unpaired) electrons. The van der Waals surface area contributed by atoms with E-state index in [1.165, 1.54) is 11.0 Å². The number of carbonyl (C=O) groups excluding carboxylic acids is 3. The van der Waals surface area contributed by atoms with Crippen LogP contribution in [0.1, 0.15) is 57.8 Å². The Labute approximate surface area is 481 Å². The predicted molar refractivity (Wildman–Crippen MR) is 314 cm³/mol. The first-order chi connectivity index (χ1) is 39.0. The highest BCUT2D eigenvalue weighted by molar-refractivity contribution is 7.13. The topological polar surface area (TPSA) is 225 Å². The highest BCUT2D eigenvalue weighted by atomic mass is 35.5. The molecular weight excluding hydrogens is 1080 g/mol. The number of fused-ring (bicyclic) bond motifs is 2. The molecule has 4 atom stereocenters. The number of nitrogens with one attached hydrogen (secondary N) is 4. The number of aliphatic hydroxyl groups excluding tert-OH is 1. The number of likely N-dealkylation sites (N-methyl/N-ethyl adjacent to an activating group) is 1. The van der Waals surface area contributed by atoms with Crippen molar-refractivity contribution in [3.63, 3.8) is 0 Å². The second kappa shape index (κ2) is 28.7. The number of rotatable bonds is 27. The molecule has 22 heteroatoms. The maximum absolute atomic E-state index is 16.8. The fraction of sp³-hybridized carbons (Fsp3) is 0.492. The SMILES string of the molecule is Cc1ncsc1-c1ccc([C@H](C)NC(=O)[C@@H]2C[C@@H](O)CN2C(=O)[C@@H](NC(=O)COCCOCCOCCOCCN(C)CCCNc2nc(N3CCNCC3)c3cc(Cl)c(-c4cc(O)cc5ccccc45)c(F)c3n2)C(C)(C)C)cc1. The van der Waals surface area contributed by atoms with Crippen molar-refractivity contribution >= 4 is 74.1 Å². The average molecular weight is 1160 g/mol. The van der Waals surface area contributed by atoms with Crippen molar-refractivity contribution in [1.29, 1.82) is 0 Å². The fourth-order valence-electron chi connectivity index (χ4n) is 10.0. The van der Waals surface area contributed by atoms with Crippen molar-refractivity contribution in [2.75, 3.05) is 122 Å². The fourth-order valence-corrected chi connectivity index (χ4v) is 11.2. The zero-order valence-corrected chi connectivity index (χ0v) is 48.6. The Bertz CT molecular complexity index is 3090. The van der Waals surface area contributed by atoms with Crippen LogP contribution in [0.15, 0.2) is 72.2 Å². The van der Waals surface area contributed by atoms with Crippen molar-refractivity contribution in [1.82, 2.24) is 40.7 Å². The minimum absolute atomic E-state index is 0.0107. The second-order valence-corrected chi connectivity index (χ2v) is 22.9. The molecule has 19 nitrogen and oxygen atoms in total. The molecule has 2 aliphatic rings. The molecule has 0 saturated carbocycles. The van der Waals surface area contributed by atoms with Crippen molar-refractivity contribution in [3.05, 3.63) is 94.3 Å². The number of hydrogen-bond donors (Lipinski definition) is 6. The van der Waals surface area contributed by atoms with Gasteiger partial charge in [0.05, 0.1) is 79.5 Å². The number of aliphatic hydroxyl groups is 1. The lowest BCUT2D eigenvalue weighted by Gasteiger charge is -2.35. The van der Waals surface area contributed by atoms with Crippen LogP contribution in [0.5, 0.6) is 5.75 Å². The van der Waals surface area contributed by atoms with E-state index in [1.807, 2.05) is 95.7 Å².